The first-order valence-electron chi connectivity index (χ1n) is 6.17. The highest BCUT2D eigenvalue weighted by atomic mass is 16.3. The number of nitrogens with zero attached hydrogens (tertiary/aromatic N) is 1. The van der Waals surface area contributed by atoms with Crippen LogP contribution in [0.15, 0.2) is 18.2 Å². The van der Waals surface area contributed by atoms with Gasteiger partial charge >= 0.3 is 0 Å². The van der Waals surface area contributed by atoms with Crippen LogP contribution in [0.5, 0.6) is 5.75 Å². The Morgan fingerprint density at radius 2 is 2.00 bits per heavy atom. The summed E-state index contributed by atoms with van der Waals surface area (Å²) < 4.78 is 0. The average Bonchev–Trinajstić information content (AvgIpc) is 2.29. The second kappa shape index (κ2) is 4.78. The molecule has 0 atom stereocenters. The molecule has 0 saturated carbocycles. The lowest BCUT2D eigenvalue weighted by molar-refractivity contribution is 0.0696. The Morgan fingerprint density at radius 1 is 1.35 bits per heavy atom. The maximum Gasteiger partial charge on any atom is 0.254 e. The number of likely N-dealkylation sites (tertiary alicyclic amines) is 1. The third-order valence-electron chi connectivity index (χ3n) is 3.51. The van der Waals surface area contributed by atoms with Crippen LogP contribution in [0.3, 0.4) is 0 Å². The molecule has 0 aliphatic carbocycles. The highest BCUT2D eigenvalue weighted by molar-refractivity contribution is 5.95. The summed E-state index contributed by atoms with van der Waals surface area (Å²) in [5.41, 5.74) is 1.55. The summed E-state index contributed by atoms with van der Waals surface area (Å²) in [7, 11) is 0. The van der Waals surface area contributed by atoms with Crippen molar-refractivity contribution in [3.63, 3.8) is 0 Å². The molecule has 1 heterocycles. The molecule has 1 saturated heterocycles. The van der Waals surface area contributed by atoms with Gasteiger partial charge < -0.3 is 10.0 Å². The number of carbonyl (C=O) groups excluding carboxylic acids is 1. The normalized spacial score (nSPS) is 17.2. The van der Waals surface area contributed by atoms with E-state index in [4.69, 9.17) is 0 Å². The van der Waals surface area contributed by atoms with E-state index >= 15 is 0 Å². The zero-order valence-electron chi connectivity index (χ0n) is 10.4. The number of rotatable bonds is 1. The van der Waals surface area contributed by atoms with Gasteiger partial charge in [-0.1, -0.05) is 6.92 Å². The quantitative estimate of drug-likeness (QED) is 0.810. The number of aromatic hydroxyl groups is 1. The smallest absolute Gasteiger partial charge is 0.254 e. The minimum absolute atomic E-state index is 0.0920. The molecule has 1 aromatic rings. The summed E-state index contributed by atoms with van der Waals surface area (Å²) in [6.45, 7) is 5.79. The van der Waals surface area contributed by atoms with Crippen LogP contribution in [0.4, 0.5) is 0 Å². The zero-order valence-corrected chi connectivity index (χ0v) is 10.4. The average molecular weight is 233 g/mol. The zero-order chi connectivity index (χ0) is 12.4. The number of phenolic OH excluding ortho intramolecular Hbond substituents is 1. The fraction of sp³-hybridized carbons (Fsp3) is 0.500. The number of piperidine rings is 1. The predicted molar refractivity (Wildman–Crippen MR) is 67.1 cm³/mol. The summed E-state index contributed by atoms with van der Waals surface area (Å²) in [6.07, 6.45) is 2.17. The lowest BCUT2D eigenvalue weighted by Crippen LogP contribution is -2.38. The van der Waals surface area contributed by atoms with Gasteiger partial charge in [0.25, 0.3) is 5.91 Å². The van der Waals surface area contributed by atoms with Gasteiger partial charge in [0.1, 0.15) is 5.75 Å². The highest BCUT2D eigenvalue weighted by Crippen LogP contribution is 2.21. The van der Waals surface area contributed by atoms with Crippen molar-refractivity contribution in [2.24, 2.45) is 5.92 Å². The maximum absolute atomic E-state index is 12.3. The van der Waals surface area contributed by atoms with E-state index in [1.54, 1.807) is 18.2 Å². The van der Waals surface area contributed by atoms with Gasteiger partial charge in [0, 0.05) is 18.7 Å². The summed E-state index contributed by atoms with van der Waals surface area (Å²) in [6, 6.07) is 4.93. The van der Waals surface area contributed by atoms with Gasteiger partial charge in [-0.05, 0) is 49.4 Å². The monoisotopic (exact) mass is 233 g/mol. The molecule has 0 unspecified atom stereocenters. The first-order chi connectivity index (χ1) is 8.08. The van der Waals surface area contributed by atoms with E-state index in [1.807, 2.05) is 11.8 Å². The molecule has 1 aliphatic heterocycles. The summed E-state index contributed by atoms with van der Waals surface area (Å²) in [5, 5.41) is 9.34. The number of amides is 1. The van der Waals surface area contributed by atoms with Crippen molar-refractivity contribution in [3.05, 3.63) is 29.3 Å². The molecule has 0 spiro atoms. The van der Waals surface area contributed by atoms with Gasteiger partial charge in [0.15, 0.2) is 0 Å². The van der Waals surface area contributed by atoms with Gasteiger partial charge in [0.05, 0.1) is 0 Å². The molecule has 2 rings (SSSR count). The van der Waals surface area contributed by atoms with Gasteiger partial charge in [-0.25, -0.2) is 0 Å². The Bertz CT molecular complexity index is 420. The number of benzene rings is 1. The van der Waals surface area contributed by atoms with Gasteiger partial charge in [0.2, 0.25) is 0 Å². The van der Waals surface area contributed by atoms with Crippen LogP contribution in [0.1, 0.15) is 35.7 Å². The minimum atomic E-state index is 0.0920. The first kappa shape index (κ1) is 12.0. The minimum Gasteiger partial charge on any atom is -0.508 e. The summed E-state index contributed by atoms with van der Waals surface area (Å²) in [4.78, 5) is 14.2. The molecular weight excluding hydrogens is 214 g/mol. The highest BCUT2D eigenvalue weighted by Gasteiger charge is 2.22. The Hall–Kier alpha value is -1.51. The number of carbonyl (C=O) groups is 1. The number of aryl methyl sites for hydroxylation is 1. The molecule has 0 bridgehead atoms. The number of hydrogen-bond acceptors (Lipinski definition) is 2. The Morgan fingerprint density at radius 3 is 2.59 bits per heavy atom. The van der Waals surface area contributed by atoms with Crippen LogP contribution in [0.25, 0.3) is 0 Å². The van der Waals surface area contributed by atoms with Crippen LogP contribution in [0.2, 0.25) is 0 Å². The Kier molecular flexibility index (Phi) is 3.36. The van der Waals surface area contributed by atoms with E-state index in [0.29, 0.717) is 5.56 Å². The second-order valence-corrected chi connectivity index (χ2v) is 4.97. The lowest BCUT2D eigenvalue weighted by atomic mass is 9.98. The van der Waals surface area contributed by atoms with Crippen molar-refractivity contribution in [3.8, 4) is 5.75 Å². The molecule has 1 aliphatic rings. The van der Waals surface area contributed by atoms with Crippen LogP contribution >= 0.6 is 0 Å². The molecule has 1 N–H and O–H groups in total. The van der Waals surface area contributed by atoms with E-state index in [2.05, 4.69) is 6.92 Å². The topological polar surface area (TPSA) is 40.5 Å². The third kappa shape index (κ3) is 2.60. The van der Waals surface area contributed by atoms with Crippen molar-refractivity contribution >= 4 is 5.91 Å². The Labute approximate surface area is 102 Å². The van der Waals surface area contributed by atoms with Crippen molar-refractivity contribution in [2.45, 2.75) is 26.7 Å². The van der Waals surface area contributed by atoms with Crippen molar-refractivity contribution in [1.82, 2.24) is 4.90 Å². The number of phenols is 1. The van der Waals surface area contributed by atoms with Crippen molar-refractivity contribution in [2.75, 3.05) is 13.1 Å². The van der Waals surface area contributed by atoms with Crippen LogP contribution in [0, 0.1) is 12.8 Å². The van der Waals surface area contributed by atoms with E-state index in [0.717, 1.165) is 37.4 Å². The van der Waals surface area contributed by atoms with E-state index in [1.165, 1.54) is 0 Å². The van der Waals surface area contributed by atoms with E-state index in [-0.39, 0.29) is 11.7 Å². The van der Waals surface area contributed by atoms with Gasteiger partial charge in [-0.3, -0.25) is 4.79 Å². The molecule has 0 radical (unpaired) electrons. The van der Waals surface area contributed by atoms with Crippen LogP contribution in [-0.4, -0.2) is 29.0 Å². The molecule has 1 aromatic carbocycles. The van der Waals surface area contributed by atoms with Gasteiger partial charge in [-0.15, -0.1) is 0 Å². The second-order valence-electron chi connectivity index (χ2n) is 4.97. The van der Waals surface area contributed by atoms with Crippen LogP contribution < -0.4 is 0 Å². The molecule has 92 valence electrons. The maximum atomic E-state index is 12.3. The Balaban J connectivity index is 2.14. The fourth-order valence-electron chi connectivity index (χ4n) is 2.27. The lowest BCUT2D eigenvalue weighted by Gasteiger charge is -2.30. The predicted octanol–water partition coefficient (Wildman–Crippen LogP) is 2.57. The molecule has 3 heteroatoms. The summed E-state index contributed by atoms with van der Waals surface area (Å²) >= 11 is 0. The molecule has 17 heavy (non-hydrogen) atoms. The summed E-state index contributed by atoms with van der Waals surface area (Å²) in [5.74, 6) is 1.03. The fourth-order valence-corrected chi connectivity index (χ4v) is 2.27. The third-order valence-corrected chi connectivity index (χ3v) is 3.51. The van der Waals surface area contributed by atoms with Crippen molar-refractivity contribution in [1.29, 1.82) is 0 Å². The largest absolute Gasteiger partial charge is 0.508 e. The van der Waals surface area contributed by atoms with Crippen molar-refractivity contribution < 1.29 is 9.90 Å². The molecule has 1 fully saturated rings. The molecule has 3 nitrogen and oxygen atoms in total. The van der Waals surface area contributed by atoms with Crippen LogP contribution in [-0.2, 0) is 0 Å². The van der Waals surface area contributed by atoms with E-state index < -0.39 is 0 Å². The molecule has 1 amide bonds. The SMILES string of the molecule is Cc1cc(O)ccc1C(=O)N1CCC(C)CC1. The molecular formula is C14H19NO2. The molecule has 0 aromatic heterocycles. The van der Waals surface area contributed by atoms with E-state index in [9.17, 15) is 9.90 Å². The first-order valence-corrected chi connectivity index (χ1v) is 6.17. The standard InChI is InChI=1S/C14H19NO2/c1-10-5-7-15(8-6-10)14(17)13-4-3-12(16)9-11(13)2/h3-4,9-10,16H,5-8H2,1-2H3. The number of hydrogen-bond donors (Lipinski definition) is 1. The van der Waals surface area contributed by atoms with Gasteiger partial charge in [-0.2, -0.15) is 0 Å².